The minimum absolute atomic E-state index is 0. The maximum Gasteiger partial charge on any atom is 0.352 e. The predicted molar refractivity (Wildman–Crippen MR) is 163 cm³/mol. The zero-order chi connectivity index (χ0) is 32.0. The Labute approximate surface area is 263 Å². The van der Waals surface area contributed by atoms with Crippen LogP contribution in [0.3, 0.4) is 0 Å². The van der Waals surface area contributed by atoms with Gasteiger partial charge in [-0.3, -0.25) is 9.59 Å². The second-order valence-corrected chi connectivity index (χ2v) is 12.4. The Morgan fingerprint density at radius 3 is 2.60 bits per heavy atom. The fourth-order valence-corrected chi connectivity index (χ4v) is 7.34. The lowest BCUT2D eigenvalue weighted by Crippen LogP contribution is -2.74. The molecule has 2 bridgehead atoms. The van der Waals surface area contributed by atoms with Crippen LogP contribution in [0.1, 0.15) is 71.4 Å². The standard InChI is InChI=1S/C31H42N4O9.CH4/c1-16(33-27(38)20(34-18(3)36)7-5-6-13-32)28(39)42-17(2)29(40)43-22-10-11-31(41)23-15-19-8-9-21(37)25-24(19)30(31,26(22)44-25)12-14-35(23)4;/h8-10,16-17,20,23,26,37,41H,5-7,11-15,32H2,1-4H3,(H,33,38)(H,34,36);1H4/t16-,17-,20-,23+,26-,30-,31+;/m0./s1. The van der Waals surface area contributed by atoms with Crippen molar-refractivity contribution in [3.63, 3.8) is 0 Å². The van der Waals surface area contributed by atoms with Crippen molar-refractivity contribution < 1.29 is 43.6 Å². The lowest BCUT2D eigenvalue weighted by molar-refractivity contribution is -0.176. The number of piperidine rings is 1. The van der Waals surface area contributed by atoms with E-state index in [1.165, 1.54) is 20.8 Å². The maximum atomic E-state index is 13.2. The molecule has 1 spiro atoms. The third kappa shape index (κ3) is 5.77. The number of carbonyl (C=O) groups is 4. The average molecular weight is 631 g/mol. The van der Waals surface area contributed by atoms with E-state index in [9.17, 15) is 29.4 Å². The SMILES string of the molecule is C.CC(=O)N[C@@H](CCCCN)C(=O)N[C@@H](C)C(=O)O[C@@H](C)C(=O)OC1=CC[C@@]2(O)[C@H]3Cc4ccc(O)c5c4[C@@]2(CCN3C)[C@H]1O5. The largest absolute Gasteiger partial charge is 0.504 e. The van der Waals surface area contributed by atoms with Crippen LogP contribution in [0.5, 0.6) is 11.5 Å². The lowest BCUT2D eigenvalue weighted by atomic mass is 9.50. The fourth-order valence-electron chi connectivity index (χ4n) is 7.34. The number of phenols is 1. The highest BCUT2D eigenvalue weighted by molar-refractivity contribution is 5.90. The van der Waals surface area contributed by atoms with Gasteiger partial charge in [-0.05, 0) is 83.8 Å². The van der Waals surface area contributed by atoms with Gasteiger partial charge in [-0.15, -0.1) is 0 Å². The Kier molecular flexibility index (Phi) is 9.86. The molecular formula is C32H46N4O9. The molecule has 0 saturated carbocycles. The number of likely N-dealkylation sites (N-methyl/N-ethyl adjacent to an activating group) is 1. The number of aliphatic hydroxyl groups is 1. The Morgan fingerprint density at radius 2 is 1.91 bits per heavy atom. The molecule has 45 heavy (non-hydrogen) atoms. The van der Waals surface area contributed by atoms with Crippen molar-refractivity contribution in [3.05, 3.63) is 35.1 Å². The molecule has 1 saturated heterocycles. The van der Waals surface area contributed by atoms with Crippen molar-refractivity contribution >= 4 is 23.8 Å². The normalized spacial score (nSPS) is 27.7. The lowest BCUT2D eigenvalue weighted by Gasteiger charge is -2.61. The van der Waals surface area contributed by atoms with Crippen molar-refractivity contribution in [1.82, 2.24) is 15.5 Å². The van der Waals surface area contributed by atoms with Crippen molar-refractivity contribution in [3.8, 4) is 11.5 Å². The topological polar surface area (TPSA) is 190 Å². The Morgan fingerprint density at radius 1 is 1.18 bits per heavy atom. The Bertz CT molecular complexity index is 1380. The van der Waals surface area contributed by atoms with Crippen molar-refractivity contribution in [2.45, 2.75) is 108 Å². The first-order valence-electron chi connectivity index (χ1n) is 15.2. The Balaban J connectivity index is 0.00000461. The fraction of sp³-hybridized carbons (Fsp3) is 0.625. The zero-order valence-electron chi connectivity index (χ0n) is 25.6. The summed E-state index contributed by atoms with van der Waals surface area (Å²) in [5.41, 5.74) is 5.13. The monoisotopic (exact) mass is 630 g/mol. The van der Waals surface area contributed by atoms with E-state index >= 15 is 0 Å². The molecule has 0 aromatic heterocycles. The number of phenolic OH excluding ortho intramolecular Hbond substituents is 1. The van der Waals surface area contributed by atoms with Crippen LogP contribution in [0.2, 0.25) is 0 Å². The van der Waals surface area contributed by atoms with E-state index < -0.39 is 53.2 Å². The average Bonchev–Trinajstić information content (AvgIpc) is 3.33. The summed E-state index contributed by atoms with van der Waals surface area (Å²) in [6, 6.07) is 1.29. The van der Waals surface area contributed by atoms with Gasteiger partial charge >= 0.3 is 11.9 Å². The van der Waals surface area contributed by atoms with Gasteiger partial charge in [0.25, 0.3) is 0 Å². The van der Waals surface area contributed by atoms with E-state index in [1.807, 2.05) is 13.1 Å². The van der Waals surface area contributed by atoms with Crippen LogP contribution < -0.4 is 21.1 Å². The molecule has 13 heteroatoms. The molecule has 0 radical (unpaired) electrons. The molecule has 0 unspecified atom stereocenters. The molecule has 5 rings (SSSR count). The highest BCUT2D eigenvalue weighted by atomic mass is 16.6. The number of esters is 2. The van der Waals surface area contributed by atoms with Crippen LogP contribution in [0.15, 0.2) is 24.0 Å². The summed E-state index contributed by atoms with van der Waals surface area (Å²) >= 11 is 0. The summed E-state index contributed by atoms with van der Waals surface area (Å²) in [7, 11) is 1.98. The highest BCUT2D eigenvalue weighted by Gasteiger charge is 2.72. The maximum absolute atomic E-state index is 13.2. The smallest absolute Gasteiger partial charge is 0.352 e. The summed E-state index contributed by atoms with van der Waals surface area (Å²) in [6.07, 6.45) is 2.40. The van der Waals surface area contributed by atoms with Crippen LogP contribution in [0.25, 0.3) is 0 Å². The van der Waals surface area contributed by atoms with Gasteiger partial charge in [0.15, 0.2) is 23.7 Å². The number of hydrogen-bond acceptors (Lipinski definition) is 11. The predicted octanol–water partition coefficient (Wildman–Crippen LogP) is 0.919. The summed E-state index contributed by atoms with van der Waals surface area (Å²) < 4.78 is 17.4. The minimum atomic E-state index is -1.33. The van der Waals surface area contributed by atoms with Gasteiger partial charge in [0.05, 0.1) is 11.0 Å². The van der Waals surface area contributed by atoms with Gasteiger partial charge < -0.3 is 45.7 Å². The zero-order valence-corrected chi connectivity index (χ0v) is 25.6. The Hall–Kier alpha value is -3.68. The van der Waals surface area contributed by atoms with Gasteiger partial charge in [-0.25, -0.2) is 9.59 Å². The first-order valence-corrected chi connectivity index (χ1v) is 15.2. The first kappa shape index (κ1) is 34.2. The molecule has 2 amide bonds. The number of hydrogen-bond donors (Lipinski definition) is 5. The third-order valence-electron chi connectivity index (χ3n) is 9.55. The van der Waals surface area contributed by atoms with Gasteiger partial charge in [-0.2, -0.15) is 0 Å². The van der Waals surface area contributed by atoms with Gasteiger partial charge in [0.2, 0.25) is 11.8 Å². The van der Waals surface area contributed by atoms with Crippen LogP contribution in [0.4, 0.5) is 0 Å². The van der Waals surface area contributed by atoms with E-state index in [0.29, 0.717) is 50.9 Å². The summed E-state index contributed by atoms with van der Waals surface area (Å²) in [6.45, 7) is 5.20. The number of ether oxygens (including phenoxy) is 3. The molecule has 7 atom stereocenters. The van der Waals surface area contributed by atoms with Crippen molar-refractivity contribution in [2.75, 3.05) is 20.1 Å². The number of aromatic hydroxyl groups is 1. The van der Waals surface area contributed by atoms with Crippen LogP contribution in [-0.2, 0) is 40.5 Å². The van der Waals surface area contributed by atoms with Crippen LogP contribution in [0, 0.1) is 0 Å². The van der Waals surface area contributed by atoms with E-state index in [0.717, 1.165) is 11.1 Å². The number of carbonyl (C=O) groups excluding carboxylic acids is 4. The highest BCUT2D eigenvalue weighted by Crippen LogP contribution is 2.65. The number of nitrogens with two attached hydrogens (primary N) is 1. The summed E-state index contributed by atoms with van der Waals surface area (Å²) in [5, 5.41) is 28.0. The number of benzene rings is 1. The number of nitrogens with zero attached hydrogens (tertiary/aromatic N) is 1. The molecule has 2 heterocycles. The van der Waals surface area contributed by atoms with Crippen LogP contribution >= 0.6 is 0 Å². The quantitative estimate of drug-likeness (QED) is 0.173. The van der Waals surface area contributed by atoms with E-state index in [4.69, 9.17) is 19.9 Å². The number of unbranched alkanes of at least 4 members (excludes halogenated alkanes) is 1. The third-order valence-corrected chi connectivity index (χ3v) is 9.55. The van der Waals surface area contributed by atoms with E-state index in [1.54, 1.807) is 12.1 Å². The van der Waals surface area contributed by atoms with Gasteiger partial charge in [0, 0.05) is 24.9 Å². The van der Waals surface area contributed by atoms with Gasteiger partial charge in [-0.1, -0.05) is 13.5 Å². The molecule has 2 aliphatic heterocycles. The van der Waals surface area contributed by atoms with E-state index in [2.05, 4.69) is 15.5 Å². The molecule has 1 aromatic carbocycles. The number of amides is 2. The molecule has 6 N–H and O–H groups in total. The molecular weight excluding hydrogens is 584 g/mol. The van der Waals surface area contributed by atoms with Crippen molar-refractivity contribution in [2.24, 2.45) is 5.73 Å². The van der Waals surface area contributed by atoms with Crippen LogP contribution in [-0.4, -0.2) is 94.9 Å². The number of rotatable bonds is 11. The number of nitrogens with one attached hydrogen (secondary N) is 2. The summed E-state index contributed by atoms with van der Waals surface area (Å²) in [5.74, 6) is -2.22. The van der Waals surface area contributed by atoms with E-state index in [-0.39, 0.29) is 37.3 Å². The summed E-state index contributed by atoms with van der Waals surface area (Å²) in [4.78, 5) is 52.5. The van der Waals surface area contributed by atoms with Gasteiger partial charge in [0.1, 0.15) is 17.8 Å². The second kappa shape index (κ2) is 13.0. The molecule has 13 nitrogen and oxygen atoms in total. The molecule has 1 fully saturated rings. The molecule has 1 aromatic rings. The van der Waals surface area contributed by atoms with Crippen molar-refractivity contribution in [1.29, 1.82) is 0 Å². The molecule has 248 valence electrons. The first-order chi connectivity index (χ1) is 20.8. The molecule has 2 aliphatic carbocycles. The minimum Gasteiger partial charge on any atom is -0.504 e. The molecule has 4 aliphatic rings. The number of likely N-dealkylation sites (tertiary alicyclic amines) is 1. The second-order valence-electron chi connectivity index (χ2n) is 12.4.